The fraction of sp³-hybridized carbons (Fsp3) is 0.500. The lowest BCUT2D eigenvalue weighted by Gasteiger charge is -2.11. The molecule has 0 radical (unpaired) electrons. The van der Waals surface area contributed by atoms with Crippen LogP contribution in [-0.4, -0.2) is 29.1 Å². The van der Waals surface area contributed by atoms with Crippen LogP contribution in [0.1, 0.15) is 22.7 Å². The normalized spacial score (nSPS) is 16.5. The fourth-order valence-corrected chi connectivity index (χ4v) is 1.23. The Labute approximate surface area is 75.3 Å². The average Bonchev–Trinajstić information content (AvgIpc) is 2.72. The molecule has 5 nitrogen and oxygen atoms in total. The minimum absolute atomic E-state index is 0.243. The maximum Gasteiger partial charge on any atom is 0.315 e. The average molecular weight is 182 g/mol. The number of amides is 1. The Bertz CT molecular complexity index is 315. The summed E-state index contributed by atoms with van der Waals surface area (Å²) < 4.78 is 4.96. The summed E-state index contributed by atoms with van der Waals surface area (Å²) in [7, 11) is 0. The van der Waals surface area contributed by atoms with E-state index in [1.54, 1.807) is 6.92 Å². The maximum absolute atomic E-state index is 11.6. The minimum atomic E-state index is -0.243. The molecule has 0 aromatic carbocycles. The van der Waals surface area contributed by atoms with Gasteiger partial charge < -0.3 is 4.42 Å². The van der Waals surface area contributed by atoms with Crippen LogP contribution >= 0.6 is 0 Å². The highest BCUT2D eigenvalue weighted by Gasteiger charge is 2.25. The number of aryl methyl sites for hydroxylation is 1. The van der Waals surface area contributed by atoms with Crippen LogP contribution in [0.3, 0.4) is 0 Å². The zero-order valence-corrected chi connectivity index (χ0v) is 7.32. The van der Waals surface area contributed by atoms with Gasteiger partial charge in [-0.1, -0.05) is 0 Å². The molecule has 0 saturated carbocycles. The molecule has 1 aromatic rings. The van der Waals surface area contributed by atoms with Gasteiger partial charge in [0.1, 0.15) is 0 Å². The molecule has 70 valence electrons. The number of carbonyl (C=O) groups is 1. The number of carbonyl (C=O) groups excluding carboxylic acids is 1. The monoisotopic (exact) mass is 182 g/mol. The second-order valence-corrected chi connectivity index (χ2v) is 2.86. The summed E-state index contributed by atoms with van der Waals surface area (Å²) in [5, 5.41) is 1.31. The number of nitrogens with zero attached hydrogens (tertiary/aromatic N) is 2. The van der Waals surface area contributed by atoms with Gasteiger partial charge in [0.05, 0.1) is 18.8 Å². The molecule has 13 heavy (non-hydrogen) atoms. The van der Waals surface area contributed by atoms with Crippen LogP contribution in [0.2, 0.25) is 0 Å². The quantitative estimate of drug-likeness (QED) is 0.643. The number of aromatic nitrogens is 1. The van der Waals surface area contributed by atoms with Gasteiger partial charge >= 0.3 is 5.91 Å². The third-order valence-corrected chi connectivity index (χ3v) is 1.92. The van der Waals surface area contributed by atoms with Gasteiger partial charge in [0, 0.05) is 0 Å². The molecule has 1 aliphatic rings. The van der Waals surface area contributed by atoms with E-state index >= 15 is 0 Å². The van der Waals surface area contributed by atoms with Gasteiger partial charge in [0.15, 0.2) is 6.39 Å². The van der Waals surface area contributed by atoms with E-state index < -0.39 is 0 Å². The first-order chi connectivity index (χ1) is 6.29. The Morgan fingerprint density at radius 3 is 3.08 bits per heavy atom. The van der Waals surface area contributed by atoms with E-state index in [4.69, 9.17) is 9.25 Å². The number of oxazole rings is 1. The molecule has 2 rings (SSSR count). The van der Waals surface area contributed by atoms with Crippen molar-refractivity contribution in [1.82, 2.24) is 10.0 Å². The number of rotatable bonds is 1. The summed E-state index contributed by atoms with van der Waals surface area (Å²) in [5.74, 6) is 0.0226. The van der Waals surface area contributed by atoms with Crippen molar-refractivity contribution >= 4 is 5.91 Å². The predicted molar refractivity (Wildman–Crippen MR) is 42.8 cm³/mol. The molecule has 0 spiro atoms. The second kappa shape index (κ2) is 3.18. The highest BCUT2D eigenvalue weighted by atomic mass is 16.7. The first kappa shape index (κ1) is 8.25. The van der Waals surface area contributed by atoms with Gasteiger partial charge in [-0.3, -0.25) is 9.63 Å². The molecule has 0 aliphatic carbocycles. The molecule has 0 N–H and O–H groups in total. The van der Waals surface area contributed by atoms with Gasteiger partial charge in [-0.25, -0.2) is 10.0 Å². The van der Waals surface area contributed by atoms with Crippen LogP contribution in [0.5, 0.6) is 0 Å². The van der Waals surface area contributed by atoms with Crippen molar-refractivity contribution in [2.24, 2.45) is 0 Å². The topological polar surface area (TPSA) is 55.6 Å². The molecular formula is C8H10N2O3. The summed E-state index contributed by atoms with van der Waals surface area (Å²) in [4.78, 5) is 20.5. The Kier molecular flexibility index (Phi) is 2.02. The van der Waals surface area contributed by atoms with Crippen LogP contribution < -0.4 is 0 Å². The lowest BCUT2D eigenvalue weighted by Crippen LogP contribution is -2.26. The molecule has 1 aliphatic heterocycles. The van der Waals surface area contributed by atoms with Crippen molar-refractivity contribution in [2.75, 3.05) is 13.2 Å². The van der Waals surface area contributed by atoms with Crippen LogP contribution in [0.15, 0.2) is 10.8 Å². The number of hydrogen-bond donors (Lipinski definition) is 0. The van der Waals surface area contributed by atoms with Crippen LogP contribution in [0, 0.1) is 6.92 Å². The summed E-state index contributed by atoms with van der Waals surface area (Å²) in [5.41, 5.74) is 0.598. The fourth-order valence-electron chi connectivity index (χ4n) is 1.23. The summed E-state index contributed by atoms with van der Waals surface area (Å²) in [6.45, 7) is 2.95. The molecule has 0 atom stereocenters. The van der Waals surface area contributed by atoms with Crippen molar-refractivity contribution in [2.45, 2.75) is 13.3 Å². The van der Waals surface area contributed by atoms with Gasteiger partial charge in [-0.2, -0.15) is 0 Å². The third-order valence-electron chi connectivity index (χ3n) is 1.92. The van der Waals surface area contributed by atoms with Gasteiger partial charge in [0.2, 0.25) is 5.76 Å². The van der Waals surface area contributed by atoms with Crippen molar-refractivity contribution < 1.29 is 14.0 Å². The molecule has 5 heteroatoms. The standard InChI is InChI=1S/C8H10N2O3/c1-6-7(12-5-9-6)8(11)10-3-2-4-13-10/h5H,2-4H2,1H3. The van der Waals surface area contributed by atoms with Crippen LogP contribution in [-0.2, 0) is 4.84 Å². The highest BCUT2D eigenvalue weighted by molar-refractivity contribution is 5.91. The SMILES string of the molecule is Cc1ncoc1C(=O)N1CCCO1. The summed E-state index contributed by atoms with van der Waals surface area (Å²) >= 11 is 0. The van der Waals surface area contributed by atoms with Crippen molar-refractivity contribution in [3.05, 3.63) is 17.8 Å². The minimum Gasteiger partial charge on any atom is -0.438 e. The first-order valence-electron chi connectivity index (χ1n) is 4.14. The molecule has 1 fully saturated rings. The number of hydroxylamine groups is 2. The zero-order chi connectivity index (χ0) is 9.26. The lowest BCUT2D eigenvalue weighted by molar-refractivity contribution is -0.0785. The third kappa shape index (κ3) is 1.42. The Balaban J connectivity index is 2.17. The Hall–Kier alpha value is -1.36. The zero-order valence-electron chi connectivity index (χ0n) is 7.32. The lowest BCUT2D eigenvalue weighted by atomic mass is 10.3. The van der Waals surface area contributed by atoms with E-state index in [1.807, 2.05) is 0 Å². The molecule has 2 heterocycles. The van der Waals surface area contributed by atoms with Crippen molar-refractivity contribution in [3.63, 3.8) is 0 Å². The largest absolute Gasteiger partial charge is 0.438 e. The molecule has 0 bridgehead atoms. The van der Waals surface area contributed by atoms with E-state index in [0.29, 0.717) is 18.8 Å². The van der Waals surface area contributed by atoms with E-state index in [9.17, 15) is 4.79 Å². The Morgan fingerprint density at radius 2 is 2.54 bits per heavy atom. The first-order valence-corrected chi connectivity index (χ1v) is 4.14. The van der Waals surface area contributed by atoms with E-state index in [2.05, 4.69) is 4.98 Å². The second-order valence-electron chi connectivity index (χ2n) is 2.86. The van der Waals surface area contributed by atoms with Gasteiger partial charge in [-0.15, -0.1) is 0 Å². The van der Waals surface area contributed by atoms with Crippen molar-refractivity contribution in [3.8, 4) is 0 Å². The predicted octanol–water partition coefficient (Wildman–Crippen LogP) is 0.761. The highest BCUT2D eigenvalue weighted by Crippen LogP contribution is 2.13. The summed E-state index contributed by atoms with van der Waals surface area (Å²) in [6, 6.07) is 0. The number of hydrogen-bond acceptors (Lipinski definition) is 4. The van der Waals surface area contributed by atoms with Crippen molar-refractivity contribution in [1.29, 1.82) is 0 Å². The van der Waals surface area contributed by atoms with E-state index in [0.717, 1.165) is 6.42 Å². The van der Waals surface area contributed by atoms with Crippen LogP contribution in [0.25, 0.3) is 0 Å². The molecule has 0 unspecified atom stereocenters. The molecular weight excluding hydrogens is 172 g/mol. The molecule has 1 aromatic heterocycles. The molecule has 1 amide bonds. The maximum atomic E-state index is 11.6. The summed E-state index contributed by atoms with van der Waals surface area (Å²) in [6.07, 6.45) is 2.14. The molecule has 1 saturated heterocycles. The van der Waals surface area contributed by atoms with Crippen LogP contribution in [0.4, 0.5) is 0 Å². The smallest absolute Gasteiger partial charge is 0.315 e. The van der Waals surface area contributed by atoms with E-state index in [-0.39, 0.29) is 11.7 Å². The van der Waals surface area contributed by atoms with Gasteiger partial charge in [-0.05, 0) is 13.3 Å². The Morgan fingerprint density at radius 1 is 1.69 bits per heavy atom. The van der Waals surface area contributed by atoms with E-state index in [1.165, 1.54) is 11.5 Å². The van der Waals surface area contributed by atoms with Gasteiger partial charge in [0.25, 0.3) is 0 Å².